The maximum atomic E-state index is 12.1. The van der Waals surface area contributed by atoms with Crippen molar-refractivity contribution < 1.29 is 4.79 Å². The summed E-state index contributed by atoms with van der Waals surface area (Å²) in [6.45, 7) is 6.57. The molecule has 1 rings (SSSR count). The van der Waals surface area contributed by atoms with Crippen LogP contribution in [0.5, 0.6) is 0 Å². The fourth-order valence-corrected chi connectivity index (χ4v) is 2.19. The zero-order chi connectivity index (χ0) is 13.7. The Bertz CT molecular complexity index is 418. The highest BCUT2D eigenvalue weighted by Crippen LogP contribution is 2.24. The number of amides is 1. The van der Waals surface area contributed by atoms with Crippen LogP contribution in [-0.2, 0) is 4.79 Å². The van der Waals surface area contributed by atoms with Crippen LogP contribution in [0.15, 0.2) is 22.7 Å². The van der Waals surface area contributed by atoms with Gasteiger partial charge in [0, 0.05) is 11.0 Å². The molecule has 1 amide bonds. The first-order valence-electron chi connectivity index (χ1n) is 6.21. The lowest BCUT2D eigenvalue weighted by Gasteiger charge is -2.17. The minimum Gasteiger partial charge on any atom is -0.330 e. The Morgan fingerprint density at radius 2 is 2.11 bits per heavy atom. The highest BCUT2D eigenvalue weighted by Gasteiger charge is 2.18. The van der Waals surface area contributed by atoms with Gasteiger partial charge in [0.1, 0.15) is 0 Å². The van der Waals surface area contributed by atoms with E-state index in [9.17, 15) is 4.79 Å². The molecule has 0 aliphatic rings. The van der Waals surface area contributed by atoms with Gasteiger partial charge in [0.25, 0.3) is 0 Å². The van der Waals surface area contributed by atoms with Gasteiger partial charge in [-0.1, -0.05) is 19.9 Å². The zero-order valence-electron chi connectivity index (χ0n) is 11.2. The summed E-state index contributed by atoms with van der Waals surface area (Å²) in [4.78, 5) is 12.1. The molecule has 3 N–H and O–H groups in total. The molecule has 0 aromatic heterocycles. The summed E-state index contributed by atoms with van der Waals surface area (Å²) in [5, 5.41) is 2.94. The molecule has 1 unspecified atom stereocenters. The van der Waals surface area contributed by atoms with Crippen molar-refractivity contribution >= 4 is 27.5 Å². The average Bonchev–Trinajstić information content (AvgIpc) is 2.30. The van der Waals surface area contributed by atoms with Gasteiger partial charge in [-0.05, 0) is 52.9 Å². The molecule has 0 spiro atoms. The molecule has 18 heavy (non-hydrogen) atoms. The first kappa shape index (κ1) is 15.2. The Kier molecular flexibility index (Phi) is 5.82. The SMILES string of the molecule is Cc1ccc(Br)c(NC(=O)C(CN)CC(C)C)c1. The predicted octanol–water partition coefficient (Wildman–Crippen LogP) is 3.32. The molecule has 4 heteroatoms. The number of nitrogens with one attached hydrogen (secondary N) is 1. The standard InChI is InChI=1S/C14H21BrN2O/c1-9(2)6-11(8-16)14(18)17-13-7-10(3)4-5-12(13)15/h4-5,7,9,11H,6,8,16H2,1-3H3,(H,17,18). The highest BCUT2D eigenvalue weighted by atomic mass is 79.9. The van der Waals surface area contributed by atoms with Gasteiger partial charge >= 0.3 is 0 Å². The Balaban J connectivity index is 2.76. The smallest absolute Gasteiger partial charge is 0.228 e. The normalized spacial score (nSPS) is 12.6. The molecule has 0 radical (unpaired) electrons. The lowest BCUT2D eigenvalue weighted by Crippen LogP contribution is -2.30. The number of hydrogen-bond acceptors (Lipinski definition) is 2. The number of halogens is 1. The van der Waals surface area contributed by atoms with Crippen molar-refractivity contribution in [2.75, 3.05) is 11.9 Å². The maximum absolute atomic E-state index is 12.1. The molecule has 0 saturated heterocycles. The monoisotopic (exact) mass is 312 g/mol. The number of rotatable bonds is 5. The largest absolute Gasteiger partial charge is 0.330 e. The third-order valence-electron chi connectivity index (χ3n) is 2.79. The number of anilines is 1. The van der Waals surface area contributed by atoms with Crippen molar-refractivity contribution in [3.8, 4) is 0 Å². The van der Waals surface area contributed by atoms with Crippen LogP contribution in [0.2, 0.25) is 0 Å². The predicted molar refractivity (Wildman–Crippen MR) is 79.5 cm³/mol. The summed E-state index contributed by atoms with van der Waals surface area (Å²) >= 11 is 3.43. The van der Waals surface area contributed by atoms with Crippen molar-refractivity contribution in [3.05, 3.63) is 28.2 Å². The van der Waals surface area contributed by atoms with E-state index in [1.54, 1.807) is 0 Å². The third-order valence-corrected chi connectivity index (χ3v) is 3.48. The van der Waals surface area contributed by atoms with E-state index in [2.05, 4.69) is 35.1 Å². The van der Waals surface area contributed by atoms with Crippen LogP contribution < -0.4 is 11.1 Å². The van der Waals surface area contributed by atoms with Gasteiger partial charge in [0.05, 0.1) is 11.6 Å². The zero-order valence-corrected chi connectivity index (χ0v) is 12.8. The van der Waals surface area contributed by atoms with Crippen molar-refractivity contribution in [2.45, 2.75) is 27.2 Å². The molecule has 0 aliphatic heterocycles. The quantitative estimate of drug-likeness (QED) is 0.876. The van der Waals surface area contributed by atoms with E-state index < -0.39 is 0 Å². The van der Waals surface area contributed by atoms with Crippen LogP contribution in [0.1, 0.15) is 25.8 Å². The summed E-state index contributed by atoms with van der Waals surface area (Å²) in [7, 11) is 0. The summed E-state index contributed by atoms with van der Waals surface area (Å²) < 4.78 is 0.891. The molecule has 0 fully saturated rings. The number of aryl methyl sites for hydroxylation is 1. The molecule has 1 atom stereocenters. The van der Waals surface area contributed by atoms with E-state index in [4.69, 9.17) is 5.73 Å². The second kappa shape index (κ2) is 6.90. The maximum Gasteiger partial charge on any atom is 0.228 e. The Morgan fingerprint density at radius 3 is 2.67 bits per heavy atom. The lowest BCUT2D eigenvalue weighted by atomic mass is 9.96. The summed E-state index contributed by atoms with van der Waals surface area (Å²) in [5.41, 5.74) is 7.59. The molecule has 3 nitrogen and oxygen atoms in total. The number of hydrogen-bond donors (Lipinski definition) is 2. The van der Waals surface area contributed by atoms with Crippen LogP contribution in [0.4, 0.5) is 5.69 Å². The molecule has 1 aromatic carbocycles. The van der Waals surface area contributed by atoms with Crippen molar-refractivity contribution in [1.82, 2.24) is 0 Å². The van der Waals surface area contributed by atoms with Crippen LogP contribution in [0.25, 0.3) is 0 Å². The molecule has 100 valence electrons. The van der Waals surface area contributed by atoms with Gasteiger partial charge in [-0.2, -0.15) is 0 Å². The van der Waals surface area contributed by atoms with Gasteiger partial charge in [0.2, 0.25) is 5.91 Å². The van der Waals surface area contributed by atoms with Crippen LogP contribution in [-0.4, -0.2) is 12.5 Å². The molecule has 0 heterocycles. The van der Waals surface area contributed by atoms with Crippen molar-refractivity contribution in [2.24, 2.45) is 17.6 Å². The lowest BCUT2D eigenvalue weighted by molar-refractivity contribution is -0.120. The molecule has 0 bridgehead atoms. The first-order chi connectivity index (χ1) is 8.43. The molecular formula is C14H21BrN2O. The molecular weight excluding hydrogens is 292 g/mol. The Morgan fingerprint density at radius 1 is 1.44 bits per heavy atom. The summed E-state index contributed by atoms with van der Waals surface area (Å²) in [6, 6.07) is 5.88. The average molecular weight is 313 g/mol. The number of carbonyl (C=O) groups excluding carboxylic acids is 1. The van der Waals surface area contributed by atoms with Crippen LogP contribution in [0, 0.1) is 18.8 Å². The first-order valence-corrected chi connectivity index (χ1v) is 7.00. The van der Waals surface area contributed by atoms with Crippen LogP contribution >= 0.6 is 15.9 Å². The van der Waals surface area contributed by atoms with Gasteiger partial charge < -0.3 is 11.1 Å². The Labute approximate surface area is 117 Å². The highest BCUT2D eigenvalue weighted by molar-refractivity contribution is 9.10. The summed E-state index contributed by atoms with van der Waals surface area (Å²) in [5.74, 6) is 0.333. The van der Waals surface area contributed by atoms with E-state index in [1.165, 1.54) is 0 Å². The minimum atomic E-state index is -0.127. The number of benzene rings is 1. The Hall–Kier alpha value is -0.870. The molecule has 1 aromatic rings. The van der Waals surface area contributed by atoms with E-state index in [0.717, 1.165) is 22.1 Å². The molecule has 0 saturated carbocycles. The van der Waals surface area contributed by atoms with E-state index in [1.807, 2.05) is 25.1 Å². The summed E-state index contributed by atoms with van der Waals surface area (Å²) in [6.07, 6.45) is 0.811. The van der Waals surface area contributed by atoms with E-state index in [0.29, 0.717) is 12.5 Å². The van der Waals surface area contributed by atoms with Crippen molar-refractivity contribution in [1.29, 1.82) is 0 Å². The van der Waals surface area contributed by atoms with E-state index >= 15 is 0 Å². The van der Waals surface area contributed by atoms with Gasteiger partial charge in [-0.3, -0.25) is 4.79 Å². The fraction of sp³-hybridized carbons (Fsp3) is 0.500. The van der Waals surface area contributed by atoms with E-state index in [-0.39, 0.29) is 11.8 Å². The van der Waals surface area contributed by atoms with Gasteiger partial charge in [-0.15, -0.1) is 0 Å². The minimum absolute atomic E-state index is 0.00231. The topological polar surface area (TPSA) is 55.1 Å². The number of nitrogens with two attached hydrogens (primary N) is 1. The fourth-order valence-electron chi connectivity index (χ4n) is 1.85. The molecule has 0 aliphatic carbocycles. The number of carbonyl (C=O) groups is 1. The third kappa shape index (κ3) is 4.42. The van der Waals surface area contributed by atoms with Crippen molar-refractivity contribution in [3.63, 3.8) is 0 Å². The van der Waals surface area contributed by atoms with Gasteiger partial charge in [-0.25, -0.2) is 0 Å². The van der Waals surface area contributed by atoms with Crippen LogP contribution in [0.3, 0.4) is 0 Å². The second-order valence-corrected chi connectivity index (χ2v) is 5.89. The van der Waals surface area contributed by atoms with Gasteiger partial charge in [0.15, 0.2) is 0 Å². The second-order valence-electron chi connectivity index (χ2n) is 5.03.